The summed E-state index contributed by atoms with van der Waals surface area (Å²) < 4.78 is 0. The van der Waals surface area contributed by atoms with Gasteiger partial charge in [0.1, 0.15) is 5.25 Å². The van der Waals surface area contributed by atoms with Crippen LogP contribution in [-0.2, 0) is 9.59 Å². The molecule has 0 radical (unpaired) electrons. The lowest BCUT2D eigenvalue weighted by Crippen LogP contribution is -2.45. The summed E-state index contributed by atoms with van der Waals surface area (Å²) in [5.41, 5.74) is 2.94. The molecule has 2 rings (SSSR count). The minimum absolute atomic E-state index is 0.0255. The molecular weight excluding hydrogens is 250 g/mol. The molecule has 1 aromatic rings. The van der Waals surface area contributed by atoms with E-state index in [1.165, 1.54) is 11.8 Å². The van der Waals surface area contributed by atoms with E-state index in [2.05, 4.69) is 0 Å². The van der Waals surface area contributed by atoms with E-state index in [1.54, 1.807) is 4.90 Å². The molecule has 1 N–H and O–H groups in total. The molecule has 1 heterocycles. The number of rotatable bonds is 2. The molecule has 1 atom stereocenters. The van der Waals surface area contributed by atoms with Crippen LogP contribution in [0.4, 0.5) is 5.69 Å². The highest BCUT2D eigenvalue weighted by atomic mass is 32.2. The third kappa shape index (κ3) is 2.67. The molecule has 1 aliphatic heterocycles. The first-order valence-corrected chi connectivity index (χ1v) is 6.75. The standard InChI is InChI=1S/C13H15NO3S/c1-8-3-9(2)5-10(4-8)14-6-11(13(16)17)18-7-12(14)15/h3-5,11H,6-7H2,1-2H3,(H,16,17). The Morgan fingerprint density at radius 1 is 1.33 bits per heavy atom. The molecular formula is C13H15NO3S. The zero-order valence-corrected chi connectivity index (χ0v) is 11.2. The van der Waals surface area contributed by atoms with Gasteiger partial charge in [0.2, 0.25) is 5.91 Å². The van der Waals surface area contributed by atoms with Crippen LogP contribution in [0, 0.1) is 13.8 Å². The first-order valence-electron chi connectivity index (χ1n) is 5.70. The molecule has 18 heavy (non-hydrogen) atoms. The fraction of sp³-hybridized carbons (Fsp3) is 0.385. The van der Waals surface area contributed by atoms with Crippen LogP contribution in [0.15, 0.2) is 18.2 Å². The summed E-state index contributed by atoms with van der Waals surface area (Å²) in [4.78, 5) is 24.5. The molecule has 1 saturated heterocycles. The predicted octanol–water partition coefficient (Wildman–Crippen LogP) is 1.84. The third-order valence-corrected chi connectivity index (χ3v) is 4.02. The Morgan fingerprint density at radius 2 is 1.94 bits per heavy atom. The molecule has 96 valence electrons. The topological polar surface area (TPSA) is 57.6 Å². The van der Waals surface area contributed by atoms with Crippen LogP contribution in [0.5, 0.6) is 0 Å². The van der Waals surface area contributed by atoms with Crippen LogP contribution in [-0.4, -0.2) is 34.5 Å². The average Bonchev–Trinajstić information content (AvgIpc) is 2.27. The maximum Gasteiger partial charge on any atom is 0.318 e. The summed E-state index contributed by atoms with van der Waals surface area (Å²) in [5, 5.41) is 8.50. The molecule has 5 heteroatoms. The van der Waals surface area contributed by atoms with Crippen molar-refractivity contribution < 1.29 is 14.7 Å². The number of carboxylic acid groups (broad SMARTS) is 1. The van der Waals surface area contributed by atoms with E-state index in [-0.39, 0.29) is 18.2 Å². The molecule has 1 aromatic carbocycles. The number of anilines is 1. The molecule has 1 aliphatic rings. The largest absolute Gasteiger partial charge is 0.480 e. The Labute approximate surface area is 110 Å². The van der Waals surface area contributed by atoms with Gasteiger partial charge in [0, 0.05) is 12.2 Å². The second kappa shape index (κ2) is 5.02. The highest BCUT2D eigenvalue weighted by molar-refractivity contribution is 8.01. The molecule has 0 aromatic heterocycles. The van der Waals surface area contributed by atoms with E-state index in [9.17, 15) is 9.59 Å². The number of carboxylic acids is 1. The van der Waals surface area contributed by atoms with Crippen LogP contribution in [0.3, 0.4) is 0 Å². The Morgan fingerprint density at radius 3 is 2.50 bits per heavy atom. The number of amides is 1. The number of aryl methyl sites for hydroxylation is 2. The van der Waals surface area contributed by atoms with Crippen LogP contribution in [0.2, 0.25) is 0 Å². The van der Waals surface area contributed by atoms with Gasteiger partial charge < -0.3 is 10.0 Å². The summed E-state index contributed by atoms with van der Waals surface area (Å²) >= 11 is 1.20. The highest BCUT2D eigenvalue weighted by Crippen LogP contribution is 2.26. The van der Waals surface area contributed by atoms with Crippen molar-refractivity contribution in [1.82, 2.24) is 0 Å². The van der Waals surface area contributed by atoms with Crippen molar-refractivity contribution >= 4 is 29.3 Å². The average molecular weight is 265 g/mol. The monoisotopic (exact) mass is 265 g/mol. The molecule has 0 saturated carbocycles. The van der Waals surface area contributed by atoms with Gasteiger partial charge in [0.05, 0.1) is 5.75 Å². The fourth-order valence-electron chi connectivity index (χ4n) is 2.08. The van der Waals surface area contributed by atoms with Gasteiger partial charge in [-0.15, -0.1) is 11.8 Å². The summed E-state index contributed by atoms with van der Waals surface area (Å²) in [6.45, 7) is 4.17. The lowest BCUT2D eigenvalue weighted by Gasteiger charge is -2.30. The van der Waals surface area contributed by atoms with Crippen LogP contribution < -0.4 is 4.90 Å². The summed E-state index contributed by atoms with van der Waals surface area (Å²) in [6, 6.07) is 5.86. The van der Waals surface area contributed by atoms with Gasteiger partial charge in [-0.05, 0) is 37.1 Å². The molecule has 1 amide bonds. The van der Waals surface area contributed by atoms with Gasteiger partial charge in [0.15, 0.2) is 0 Å². The van der Waals surface area contributed by atoms with Crippen LogP contribution >= 0.6 is 11.8 Å². The van der Waals surface area contributed by atoms with Crippen molar-refractivity contribution in [3.8, 4) is 0 Å². The van der Waals surface area contributed by atoms with Crippen molar-refractivity contribution in [2.75, 3.05) is 17.2 Å². The van der Waals surface area contributed by atoms with E-state index in [1.807, 2.05) is 32.0 Å². The second-order valence-electron chi connectivity index (χ2n) is 4.49. The van der Waals surface area contributed by atoms with Crippen molar-refractivity contribution in [2.45, 2.75) is 19.1 Å². The number of carbonyl (C=O) groups is 2. The highest BCUT2D eigenvalue weighted by Gasteiger charge is 2.31. The lowest BCUT2D eigenvalue weighted by molar-refractivity contribution is -0.136. The number of benzene rings is 1. The maximum atomic E-state index is 11.9. The molecule has 0 bridgehead atoms. The molecule has 1 unspecified atom stereocenters. The third-order valence-electron chi connectivity index (χ3n) is 2.85. The number of carbonyl (C=O) groups excluding carboxylic acids is 1. The van der Waals surface area contributed by atoms with Crippen LogP contribution in [0.25, 0.3) is 0 Å². The van der Waals surface area contributed by atoms with Crippen molar-refractivity contribution in [1.29, 1.82) is 0 Å². The zero-order valence-electron chi connectivity index (χ0n) is 10.3. The fourth-order valence-corrected chi connectivity index (χ4v) is 2.97. The quantitative estimate of drug-likeness (QED) is 0.886. The summed E-state index contributed by atoms with van der Waals surface area (Å²) in [5.74, 6) is -0.659. The van der Waals surface area contributed by atoms with E-state index < -0.39 is 11.2 Å². The van der Waals surface area contributed by atoms with Crippen molar-refractivity contribution in [3.05, 3.63) is 29.3 Å². The van der Waals surface area contributed by atoms with E-state index in [4.69, 9.17) is 5.11 Å². The first-order chi connectivity index (χ1) is 8.47. The van der Waals surface area contributed by atoms with Gasteiger partial charge >= 0.3 is 5.97 Å². The first kappa shape index (κ1) is 13.0. The minimum Gasteiger partial charge on any atom is -0.480 e. The Kier molecular flexibility index (Phi) is 3.61. The Balaban J connectivity index is 2.29. The number of aliphatic carboxylic acids is 1. The Bertz CT molecular complexity index is 481. The number of nitrogens with zero attached hydrogens (tertiary/aromatic N) is 1. The lowest BCUT2D eigenvalue weighted by atomic mass is 10.1. The van der Waals surface area contributed by atoms with Gasteiger partial charge in [0.25, 0.3) is 0 Å². The number of thioether (sulfide) groups is 1. The normalized spacial score (nSPS) is 20.0. The zero-order chi connectivity index (χ0) is 13.3. The van der Waals surface area contributed by atoms with Gasteiger partial charge in [-0.25, -0.2) is 0 Å². The Hall–Kier alpha value is -1.49. The van der Waals surface area contributed by atoms with Gasteiger partial charge in [-0.2, -0.15) is 0 Å². The second-order valence-corrected chi connectivity index (χ2v) is 5.68. The number of hydrogen-bond acceptors (Lipinski definition) is 3. The van der Waals surface area contributed by atoms with E-state index >= 15 is 0 Å². The minimum atomic E-state index is -0.859. The summed E-state index contributed by atoms with van der Waals surface area (Å²) in [7, 11) is 0. The predicted molar refractivity (Wildman–Crippen MR) is 72.2 cm³/mol. The van der Waals surface area contributed by atoms with Gasteiger partial charge in [-0.3, -0.25) is 9.59 Å². The van der Waals surface area contributed by atoms with E-state index in [0.29, 0.717) is 0 Å². The molecule has 1 fully saturated rings. The maximum absolute atomic E-state index is 11.9. The molecule has 0 aliphatic carbocycles. The van der Waals surface area contributed by atoms with Crippen molar-refractivity contribution in [2.24, 2.45) is 0 Å². The number of hydrogen-bond donors (Lipinski definition) is 1. The van der Waals surface area contributed by atoms with Gasteiger partial charge in [-0.1, -0.05) is 6.07 Å². The molecule has 0 spiro atoms. The summed E-state index contributed by atoms with van der Waals surface area (Å²) in [6.07, 6.45) is 0. The van der Waals surface area contributed by atoms with E-state index in [0.717, 1.165) is 16.8 Å². The van der Waals surface area contributed by atoms with Crippen LogP contribution in [0.1, 0.15) is 11.1 Å². The smallest absolute Gasteiger partial charge is 0.318 e. The van der Waals surface area contributed by atoms with Crippen molar-refractivity contribution in [3.63, 3.8) is 0 Å². The SMILES string of the molecule is Cc1cc(C)cc(N2CC(C(=O)O)SCC2=O)c1. The molecule has 4 nitrogen and oxygen atoms in total.